The summed E-state index contributed by atoms with van der Waals surface area (Å²) in [6, 6.07) is 10.8. The molecule has 0 saturated carbocycles. The van der Waals surface area contributed by atoms with Gasteiger partial charge in [0.25, 0.3) is 0 Å². The highest BCUT2D eigenvalue weighted by Crippen LogP contribution is 2.29. The molecule has 6 heteroatoms. The zero-order valence-corrected chi connectivity index (χ0v) is 12.7. The summed E-state index contributed by atoms with van der Waals surface area (Å²) >= 11 is 3.15. The molecule has 0 amide bonds. The Morgan fingerprint density at radius 1 is 1.10 bits per heavy atom. The van der Waals surface area contributed by atoms with Crippen molar-refractivity contribution in [3.63, 3.8) is 0 Å². The number of hydrogen-bond donors (Lipinski definition) is 1. The number of hydrogen-bond acceptors (Lipinski definition) is 2. The van der Waals surface area contributed by atoms with Crippen molar-refractivity contribution in [2.45, 2.75) is 12.7 Å². The standard InChI is InChI=1S/C15H13BrF3NO/c1-20-14(11-3-2-4-12(16)13(11)17)9-5-7-10(8-6-9)21-15(18)19/h2-8,14-15,20H,1H3. The molecule has 1 unspecified atom stereocenters. The number of halogens is 4. The van der Waals surface area contributed by atoms with Crippen LogP contribution in [-0.4, -0.2) is 13.7 Å². The minimum atomic E-state index is -2.86. The number of alkyl halides is 2. The maximum atomic E-state index is 14.2. The van der Waals surface area contributed by atoms with Crippen LogP contribution in [0.1, 0.15) is 17.2 Å². The SMILES string of the molecule is CNC(c1ccc(OC(F)F)cc1)c1cccc(Br)c1F. The van der Waals surface area contributed by atoms with Crippen molar-refractivity contribution in [2.24, 2.45) is 0 Å². The first-order chi connectivity index (χ1) is 10.0. The van der Waals surface area contributed by atoms with E-state index >= 15 is 0 Å². The van der Waals surface area contributed by atoms with Crippen molar-refractivity contribution in [3.8, 4) is 5.75 Å². The van der Waals surface area contributed by atoms with E-state index in [2.05, 4.69) is 26.0 Å². The topological polar surface area (TPSA) is 21.3 Å². The molecule has 0 aliphatic rings. The molecule has 0 heterocycles. The van der Waals surface area contributed by atoms with Crippen molar-refractivity contribution in [2.75, 3.05) is 7.05 Å². The first kappa shape index (κ1) is 15.9. The summed E-state index contributed by atoms with van der Waals surface area (Å²) < 4.78 is 43.1. The van der Waals surface area contributed by atoms with Crippen molar-refractivity contribution in [3.05, 3.63) is 63.9 Å². The normalized spacial score (nSPS) is 12.5. The van der Waals surface area contributed by atoms with Crippen LogP contribution in [0, 0.1) is 5.82 Å². The average Bonchev–Trinajstić information content (AvgIpc) is 2.45. The molecular formula is C15H13BrF3NO. The van der Waals surface area contributed by atoms with Gasteiger partial charge in [-0.15, -0.1) is 0 Å². The van der Waals surface area contributed by atoms with Gasteiger partial charge in [-0.2, -0.15) is 8.78 Å². The van der Waals surface area contributed by atoms with Crippen LogP contribution in [0.15, 0.2) is 46.9 Å². The van der Waals surface area contributed by atoms with E-state index in [9.17, 15) is 13.2 Å². The van der Waals surface area contributed by atoms with E-state index in [-0.39, 0.29) is 17.6 Å². The Bertz CT molecular complexity index is 604. The maximum Gasteiger partial charge on any atom is 0.387 e. The number of nitrogens with one attached hydrogen (secondary N) is 1. The fraction of sp³-hybridized carbons (Fsp3) is 0.200. The lowest BCUT2D eigenvalue weighted by Gasteiger charge is -2.19. The van der Waals surface area contributed by atoms with Gasteiger partial charge in [-0.1, -0.05) is 24.3 Å². The molecule has 0 bridgehead atoms. The highest BCUT2D eigenvalue weighted by atomic mass is 79.9. The zero-order chi connectivity index (χ0) is 15.4. The van der Waals surface area contributed by atoms with Gasteiger partial charge in [-0.25, -0.2) is 4.39 Å². The minimum absolute atomic E-state index is 0.0679. The third-order valence-electron chi connectivity index (χ3n) is 3.02. The second-order valence-electron chi connectivity index (χ2n) is 4.31. The van der Waals surface area contributed by atoms with Crippen LogP contribution in [0.3, 0.4) is 0 Å². The van der Waals surface area contributed by atoms with Crippen molar-refractivity contribution < 1.29 is 17.9 Å². The molecule has 112 valence electrons. The van der Waals surface area contributed by atoms with Gasteiger partial charge in [0, 0.05) is 5.56 Å². The molecule has 0 spiro atoms. The Hall–Kier alpha value is -1.53. The fourth-order valence-corrected chi connectivity index (χ4v) is 2.47. The second-order valence-corrected chi connectivity index (χ2v) is 5.17. The van der Waals surface area contributed by atoms with Crippen LogP contribution in [0.5, 0.6) is 5.75 Å². The monoisotopic (exact) mass is 359 g/mol. The molecule has 1 atom stereocenters. The average molecular weight is 360 g/mol. The van der Waals surface area contributed by atoms with Crippen LogP contribution >= 0.6 is 15.9 Å². The molecular weight excluding hydrogens is 347 g/mol. The molecule has 0 aliphatic heterocycles. The molecule has 1 N–H and O–H groups in total. The molecule has 0 aliphatic carbocycles. The summed E-state index contributed by atoms with van der Waals surface area (Å²) in [7, 11) is 1.70. The summed E-state index contributed by atoms with van der Waals surface area (Å²) in [6.45, 7) is -2.86. The Morgan fingerprint density at radius 2 is 1.76 bits per heavy atom. The first-order valence-electron chi connectivity index (χ1n) is 6.19. The highest BCUT2D eigenvalue weighted by Gasteiger charge is 2.18. The number of benzene rings is 2. The second kappa shape index (κ2) is 6.95. The van der Waals surface area contributed by atoms with E-state index in [1.54, 1.807) is 37.4 Å². The van der Waals surface area contributed by atoms with Gasteiger partial charge >= 0.3 is 6.61 Å². The van der Waals surface area contributed by atoms with Crippen LogP contribution in [0.4, 0.5) is 13.2 Å². The predicted octanol–water partition coefficient (Wildman–Crippen LogP) is 4.50. The van der Waals surface area contributed by atoms with E-state index in [0.29, 0.717) is 10.0 Å². The Morgan fingerprint density at radius 3 is 2.33 bits per heavy atom. The van der Waals surface area contributed by atoms with E-state index in [4.69, 9.17) is 0 Å². The largest absolute Gasteiger partial charge is 0.435 e. The highest BCUT2D eigenvalue weighted by molar-refractivity contribution is 9.10. The minimum Gasteiger partial charge on any atom is -0.435 e. The Kier molecular flexibility index (Phi) is 5.25. The lowest BCUT2D eigenvalue weighted by atomic mass is 9.98. The Balaban J connectivity index is 2.31. The summed E-state index contributed by atoms with van der Waals surface area (Å²) in [5, 5.41) is 3.01. The lowest BCUT2D eigenvalue weighted by molar-refractivity contribution is -0.0498. The molecule has 0 radical (unpaired) electrons. The summed E-state index contributed by atoms with van der Waals surface area (Å²) in [4.78, 5) is 0. The van der Waals surface area contributed by atoms with Gasteiger partial charge in [0.05, 0.1) is 10.5 Å². The third-order valence-corrected chi connectivity index (χ3v) is 3.63. The van der Waals surface area contributed by atoms with Gasteiger partial charge in [0.2, 0.25) is 0 Å². The third kappa shape index (κ3) is 3.77. The molecule has 0 aromatic heterocycles. The molecule has 2 aromatic rings. The predicted molar refractivity (Wildman–Crippen MR) is 78.1 cm³/mol. The van der Waals surface area contributed by atoms with Gasteiger partial charge in [0.15, 0.2) is 0 Å². The van der Waals surface area contributed by atoms with Crippen LogP contribution < -0.4 is 10.1 Å². The lowest BCUT2D eigenvalue weighted by Crippen LogP contribution is -2.19. The van der Waals surface area contributed by atoms with E-state index < -0.39 is 6.61 Å². The van der Waals surface area contributed by atoms with E-state index in [1.807, 2.05) is 0 Å². The van der Waals surface area contributed by atoms with Crippen LogP contribution in [-0.2, 0) is 0 Å². The molecule has 0 saturated heterocycles. The van der Waals surface area contributed by atoms with Crippen molar-refractivity contribution >= 4 is 15.9 Å². The summed E-state index contributed by atoms with van der Waals surface area (Å²) in [5.41, 5.74) is 1.21. The smallest absolute Gasteiger partial charge is 0.387 e. The molecule has 2 nitrogen and oxygen atoms in total. The van der Waals surface area contributed by atoms with Gasteiger partial charge < -0.3 is 10.1 Å². The van der Waals surface area contributed by atoms with Gasteiger partial charge in [0.1, 0.15) is 11.6 Å². The molecule has 2 rings (SSSR count). The molecule has 2 aromatic carbocycles. The van der Waals surface area contributed by atoms with Gasteiger partial charge in [-0.05, 0) is 46.7 Å². The molecule has 0 fully saturated rings. The summed E-state index contributed by atoms with van der Waals surface area (Å²) in [5.74, 6) is -0.289. The quantitative estimate of drug-likeness (QED) is 0.848. The molecule has 21 heavy (non-hydrogen) atoms. The first-order valence-corrected chi connectivity index (χ1v) is 6.98. The van der Waals surface area contributed by atoms with E-state index in [0.717, 1.165) is 5.56 Å². The number of rotatable bonds is 5. The fourth-order valence-electron chi connectivity index (χ4n) is 2.09. The van der Waals surface area contributed by atoms with Crippen LogP contribution in [0.2, 0.25) is 0 Å². The number of ether oxygens (including phenoxy) is 1. The maximum absolute atomic E-state index is 14.2. The van der Waals surface area contributed by atoms with Crippen molar-refractivity contribution in [1.29, 1.82) is 0 Å². The summed E-state index contributed by atoms with van der Waals surface area (Å²) in [6.07, 6.45) is 0. The van der Waals surface area contributed by atoms with E-state index in [1.165, 1.54) is 12.1 Å². The Labute approximate surface area is 129 Å². The zero-order valence-electron chi connectivity index (χ0n) is 11.1. The van der Waals surface area contributed by atoms with Crippen molar-refractivity contribution in [1.82, 2.24) is 5.32 Å². The van der Waals surface area contributed by atoms with Crippen LogP contribution in [0.25, 0.3) is 0 Å². The van der Waals surface area contributed by atoms with Gasteiger partial charge in [-0.3, -0.25) is 0 Å².